The van der Waals surface area contributed by atoms with Gasteiger partial charge in [-0.3, -0.25) is 14.9 Å². The van der Waals surface area contributed by atoms with Gasteiger partial charge in [0.2, 0.25) is 5.91 Å². The molecule has 0 unspecified atom stereocenters. The van der Waals surface area contributed by atoms with E-state index in [1.807, 2.05) is 24.3 Å². The third-order valence-electron chi connectivity index (χ3n) is 3.46. The highest BCUT2D eigenvalue weighted by molar-refractivity contribution is 5.94. The number of nitrogens with zero attached hydrogens (tertiary/aromatic N) is 1. The van der Waals surface area contributed by atoms with Crippen molar-refractivity contribution in [2.24, 2.45) is 0 Å². The zero-order valence-corrected chi connectivity index (χ0v) is 11.7. The molecule has 0 radical (unpaired) electrons. The van der Waals surface area contributed by atoms with E-state index >= 15 is 0 Å². The molecule has 1 aromatic rings. The van der Waals surface area contributed by atoms with Crippen LogP contribution in [0, 0.1) is 0 Å². The molecular weight excluding hydrogens is 272 g/mol. The summed E-state index contributed by atoms with van der Waals surface area (Å²) < 4.78 is 0. The summed E-state index contributed by atoms with van der Waals surface area (Å²) in [6.45, 7) is 1.07. The van der Waals surface area contributed by atoms with Crippen molar-refractivity contribution >= 4 is 17.9 Å². The molecule has 0 saturated carbocycles. The van der Waals surface area contributed by atoms with Gasteiger partial charge in [0.15, 0.2) is 0 Å². The lowest BCUT2D eigenvalue weighted by Crippen LogP contribution is -2.45. The van der Waals surface area contributed by atoms with Crippen LogP contribution in [0.25, 0.3) is 0 Å². The molecular formula is C15H18N2O4. The molecule has 0 aliphatic carbocycles. The molecule has 0 saturated heterocycles. The first-order chi connectivity index (χ1) is 10.1. The maximum atomic E-state index is 12.0. The van der Waals surface area contributed by atoms with Crippen LogP contribution in [0.1, 0.15) is 30.4 Å². The van der Waals surface area contributed by atoms with Crippen molar-refractivity contribution in [3.8, 4) is 0 Å². The molecule has 21 heavy (non-hydrogen) atoms. The van der Waals surface area contributed by atoms with Gasteiger partial charge in [-0.15, -0.1) is 0 Å². The Kier molecular flexibility index (Phi) is 4.92. The van der Waals surface area contributed by atoms with E-state index in [9.17, 15) is 14.4 Å². The van der Waals surface area contributed by atoms with Crippen molar-refractivity contribution in [3.05, 3.63) is 35.4 Å². The first-order valence-corrected chi connectivity index (χ1v) is 6.93. The van der Waals surface area contributed by atoms with Gasteiger partial charge in [0, 0.05) is 25.9 Å². The first kappa shape index (κ1) is 15.0. The lowest BCUT2D eigenvalue weighted by molar-refractivity contribution is -0.137. The van der Waals surface area contributed by atoms with Crippen molar-refractivity contribution in [2.75, 3.05) is 6.54 Å². The number of carbonyl (C=O) groups excluding carboxylic acids is 2. The Bertz CT molecular complexity index is 556. The summed E-state index contributed by atoms with van der Waals surface area (Å²) in [7, 11) is 0. The van der Waals surface area contributed by atoms with E-state index < -0.39 is 17.9 Å². The van der Waals surface area contributed by atoms with E-state index in [0.29, 0.717) is 13.1 Å². The standard InChI is InChI=1S/C15H18N2O4/c18-13(6-3-7-14(19)20)16-15(21)17-9-8-11-4-1-2-5-12(11)10-17/h1-2,4-5H,3,6-10H2,(H,19,20)(H,16,18,21). The summed E-state index contributed by atoms with van der Waals surface area (Å²) in [4.78, 5) is 35.5. The fraction of sp³-hybridized carbons (Fsp3) is 0.400. The van der Waals surface area contributed by atoms with Crippen molar-refractivity contribution in [1.82, 2.24) is 10.2 Å². The molecule has 0 aromatic heterocycles. The molecule has 6 heteroatoms. The van der Waals surface area contributed by atoms with Crippen LogP contribution >= 0.6 is 0 Å². The maximum Gasteiger partial charge on any atom is 0.324 e. The van der Waals surface area contributed by atoms with E-state index in [1.165, 1.54) is 5.56 Å². The van der Waals surface area contributed by atoms with E-state index in [4.69, 9.17) is 5.11 Å². The third kappa shape index (κ3) is 4.30. The molecule has 112 valence electrons. The van der Waals surface area contributed by atoms with Crippen molar-refractivity contribution in [1.29, 1.82) is 0 Å². The fourth-order valence-corrected chi connectivity index (χ4v) is 2.33. The number of carboxylic acids is 1. The topological polar surface area (TPSA) is 86.7 Å². The van der Waals surface area contributed by atoms with Crippen LogP contribution in [0.5, 0.6) is 0 Å². The number of rotatable bonds is 4. The Hall–Kier alpha value is -2.37. The zero-order valence-electron chi connectivity index (χ0n) is 11.7. The van der Waals surface area contributed by atoms with Gasteiger partial charge in [0.1, 0.15) is 0 Å². The minimum absolute atomic E-state index is 0.0441. The quantitative estimate of drug-likeness (QED) is 0.880. The lowest BCUT2D eigenvalue weighted by Gasteiger charge is -2.28. The largest absolute Gasteiger partial charge is 0.481 e. The van der Waals surface area contributed by atoms with Gasteiger partial charge in [0.05, 0.1) is 0 Å². The highest BCUT2D eigenvalue weighted by atomic mass is 16.4. The second kappa shape index (κ2) is 6.88. The number of urea groups is 1. The fourth-order valence-electron chi connectivity index (χ4n) is 2.33. The third-order valence-corrected chi connectivity index (χ3v) is 3.46. The summed E-state index contributed by atoms with van der Waals surface area (Å²) in [5.41, 5.74) is 2.33. The highest BCUT2D eigenvalue weighted by Crippen LogP contribution is 2.18. The number of hydrogen-bond donors (Lipinski definition) is 2. The molecule has 0 spiro atoms. The van der Waals surface area contributed by atoms with Crippen LogP contribution in [-0.2, 0) is 22.6 Å². The average Bonchev–Trinajstić information content (AvgIpc) is 2.46. The molecule has 2 N–H and O–H groups in total. The minimum atomic E-state index is -0.943. The summed E-state index contributed by atoms with van der Waals surface area (Å²) >= 11 is 0. The summed E-state index contributed by atoms with van der Waals surface area (Å²) in [6, 6.07) is 7.51. The second-order valence-corrected chi connectivity index (χ2v) is 5.04. The monoisotopic (exact) mass is 290 g/mol. The predicted octanol–water partition coefficient (Wildman–Crippen LogP) is 1.54. The Morgan fingerprint density at radius 1 is 1.14 bits per heavy atom. The molecule has 0 fully saturated rings. The lowest BCUT2D eigenvalue weighted by atomic mass is 10.0. The molecule has 3 amide bonds. The SMILES string of the molecule is O=C(O)CCCC(=O)NC(=O)N1CCc2ccccc2C1. The molecule has 1 heterocycles. The van der Waals surface area contributed by atoms with Crippen LogP contribution in [0.2, 0.25) is 0 Å². The van der Waals surface area contributed by atoms with Crippen molar-refractivity contribution in [3.63, 3.8) is 0 Å². The number of carboxylic acid groups (broad SMARTS) is 1. The van der Waals surface area contributed by atoms with Crippen LogP contribution in [0.4, 0.5) is 4.79 Å². The number of benzene rings is 1. The van der Waals surface area contributed by atoms with E-state index in [-0.39, 0.29) is 19.3 Å². The Balaban J connectivity index is 1.82. The van der Waals surface area contributed by atoms with E-state index in [1.54, 1.807) is 4.90 Å². The molecule has 6 nitrogen and oxygen atoms in total. The van der Waals surface area contributed by atoms with Crippen molar-refractivity contribution in [2.45, 2.75) is 32.2 Å². The Morgan fingerprint density at radius 3 is 2.57 bits per heavy atom. The number of nitrogens with one attached hydrogen (secondary N) is 1. The molecule has 0 atom stereocenters. The molecule has 1 aromatic carbocycles. The normalized spacial score (nSPS) is 13.4. The molecule has 0 bridgehead atoms. The predicted molar refractivity (Wildman–Crippen MR) is 75.6 cm³/mol. The van der Waals surface area contributed by atoms with Gasteiger partial charge in [-0.2, -0.15) is 0 Å². The Morgan fingerprint density at radius 2 is 1.86 bits per heavy atom. The molecule has 1 aliphatic heterocycles. The van der Waals surface area contributed by atoms with Crippen molar-refractivity contribution < 1.29 is 19.5 Å². The number of hydrogen-bond acceptors (Lipinski definition) is 3. The first-order valence-electron chi connectivity index (χ1n) is 6.93. The number of aliphatic carboxylic acids is 1. The summed E-state index contributed by atoms with van der Waals surface area (Å²) in [6.07, 6.45) is 0.981. The molecule has 1 aliphatic rings. The number of amides is 3. The molecule has 2 rings (SSSR count). The summed E-state index contributed by atoms with van der Waals surface area (Å²) in [5, 5.41) is 10.8. The van der Waals surface area contributed by atoms with Crippen LogP contribution in [-0.4, -0.2) is 34.5 Å². The Labute approximate surface area is 122 Å². The van der Waals surface area contributed by atoms with Gasteiger partial charge in [0.25, 0.3) is 0 Å². The number of fused-ring (bicyclic) bond motifs is 1. The van der Waals surface area contributed by atoms with Gasteiger partial charge in [-0.25, -0.2) is 4.79 Å². The van der Waals surface area contributed by atoms with Gasteiger partial charge in [-0.1, -0.05) is 24.3 Å². The minimum Gasteiger partial charge on any atom is -0.481 e. The average molecular weight is 290 g/mol. The van der Waals surface area contributed by atoms with Gasteiger partial charge >= 0.3 is 12.0 Å². The van der Waals surface area contributed by atoms with Gasteiger partial charge < -0.3 is 10.0 Å². The van der Waals surface area contributed by atoms with Gasteiger partial charge in [-0.05, 0) is 24.0 Å². The van der Waals surface area contributed by atoms with Crippen LogP contribution in [0.15, 0.2) is 24.3 Å². The van der Waals surface area contributed by atoms with E-state index in [2.05, 4.69) is 5.32 Å². The van der Waals surface area contributed by atoms with Crippen LogP contribution < -0.4 is 5.32 Å². The number of imide groups is 1. The highest BCUT2D eigenvalue weighted by Gasteiger charge is 2.21. The zero-order chi connectivity index (χ0) is 15.2. The van der Waals surface area contributed by atoms with Crippen LogP contribution in [0.3, 0.4) is 0 Å². The van der Waals surface area contributed by atoms with E-state index in [0.717, 1.165) is 12.0 Å². The number of carbonyl (C=O) groups is 3. The maximum absolute atomic E-state index is 12.0. The smallest absolute Gasteiger partial charge is 0.324 e. The second-order valence-electron chi connectivity index (χ2n) is 5.04. The summed E-state index contributed by atoms with van der Waals surface area (Å²) in [5.74, 6) is -1.37.